The van der Waals surface area contributed by atoms with Crippen LogP contribution < -0.4 is 10.1 Å². The highest BCUT2D eigenvalue weighted by Gasteiger charge is 2.28. The van der Waals surface area contributed by atoms with Gasteiger partial charge in [0.05, 0.1) is 0 Å². The van der Waals surface area contributed by atoms with Crippen LogP contribution in [0.3, 0.4) is 0 Å². The lowest BCUT2D eigenvalue weighted by molar-refractivity contribution is -0.150. The van der Waals surface area contributed by atoms with E-state index in [1.807, 2.05) is 39.0 Å². The normalized spacial score (nSPS) is 15.0. The number of benzene rings is 1. The zero-order valence-corrected chi connectivity index (χ0v) is 13.3. The van der Waals surface area contributed by atoms with Crippen LogP contribution in [0.5, 0.6) is 5.75 Å². The summed E-state index contributed by atoms with van der Waals surface area (Å²) >= 11 is 0. The molecule has 1 aromatic carbocycles. The topological polar surface area (TPSA) is 64.6 Å². The molecule has 0 saturated heterocycles. The summed E-state index contributed by atoms with van der Waals surface area (Å²) in [6.07, 6.45) is 2.32. The van der Waals surface area contributed by atoms with E-state index in [2.05, 4.69) is 5.32 Å². The lowest BCUT2D eigenvalue weighted by atomic mass is 10.1. The average Bonchev–Trinajstić information content (AvgIpc) is 3.26. The lowest BCUT2D eigenvalue weighted by Crippen LogP contribution is -2.37. The van der Waals surface area contributed by atoms with E-state index in [9.17, 15) is 9.59 Å². The molecule has 1 amide bonds. The molecule has 1 aliphatic carbocycles. The zero-order valence-electron chi connectivity index (χ0n) is 13.3. The number of rotatable bonds is 7. The third-order valence-corrected chi connectivity index (χ3v) is 3.63. The first-order valence-electron chi connectivity index (χ1n) is 7.60. The van der Waals surface area contributed by atoms with Gasteiger partial charge in [-0.1, -0.05) is 6.07 Å². The smallest absolute Gasteiger partial charge is 0.344 e. The van der Waals surface area contributed by atoms with E-state index in [0.29, 0.717) is 11.7 Å². The van der Waals surface area contributed by atoms with E-state index in [4.69, 9.17) is 9.47 Å². The van der Waals surface area contributed by atoms with E-state index in [0.717, 1.165) is 24.0 Å². The number of amides is 1. The van der Waals surface area contributed by atoms with E-state index in [1.165, 1.54) is 0 Å². The van der Waals surface area contributed by atoms with Crippen LogP contribution in [0.15, 0.2) is 18.2 Å². The molecule has 0 spiro atoms. The first-order valence-corrected chi connectivity index (χ1v) is 7.60. The van der Waals surface area contributed by atoms with E-state index in [-0.39, 0.29) is 25.2 Å². The highest BCUT2D eigenvalue weighted by Crippen LogP contribution is 2.32. The van der Waals surface area contributed by atoms with Gasteiger partial charge in [-0.15, -0.1) is 0 Å². The lowest BCUT2D eigenvalue weighted by Gasteiger charge is -2.13. The number of hydrogen-bond acceptors (Lipinski definition) is 4. The summed E-state index contributed by atoms with van der Waals surface area (Å²) in [6, 6.07) is 5.88. The van der Waals surface area contributed by atoms with E-state index in [1.54, 1.807) is 0 Å². The van der Waals surface area contributed by atoms with Gasteiger partial charge >= 0.3 is 5.97 Å². The summed E-state index contributed by atoms with van der Waals surface area (Å²) in [5.41, 5.74) is 2.13. The van der Waals surface area contributed by atoms with Gasteiger partial charge < -0.3 is 14.8 Å². The minimum absolute atomic E-state index is 0.151. The average molecular weight is 305 g/mol. The first kappa shape index (κ1) is 16.3. The predicted molar refractivity (Wildman–Crippen MR) is 82.7 cm³/mol. The van der Waals surface area contributed by atoms with Crippen LogP contribution in [-0.4, -0.2) is 31.1 Å². The summed E-state index contributed by atoms with van der Waals surface area (Å²) in [6.45, 7) is 5.44. The van der Waals surface area contributed by atoms with Crippen molar-refractivity contribution in [1.29, 1.82) is 0 Å². The number of nitrogens with one attached hydrogen (secondary N) is 1. The number of hydrogen-bond donors (Lipinski definition) is 1. The van der Waals surface area contributed by atoms with Gasteiger partial charge in [-0.05, 0) is 62.8 Å². The first-order chi connectivity index (χ1) is 10.4. The molecule has 1 aliphatic rings. The van der Waals surface area contributed by atoms with Gasteiger partial charge in [-0.25, -0.2) is 4.79 Å². The molecule has 22 heavy (non-hydrogen) atoms. The predicted octanol–water partition coefficient (Wildman–Crippen LogP) is 2.14. The Bertz CT molecular complexity index is 531. The second-order valence-electron chi connectivity index (χ2n) is 5.97. The maximum atomic E-state index is 11.6. The minimum Gasteiger partial charge on any atom is -0.482 e. The number of esters is 1. The maximum absolute atomic E-state index is 11.6. The number of aryl methyl sites for hydroxylation is 2. The second-order valence-corrected chi connectivity index (χ2v) is 5.97. The van der Waals surface area contributed by atoms with Crippen molar-refractivity contribution in [2.45, 2.75) is 39.7 Å². The zero-order chi connectivity index (χ0) is 16.1. The summed E-state index contributed by atoms with van der Waals surface area (Å²) in [5.74, 6) is 0.390. The molecular formula is C17H23NO4. The van der Waals surface area contributed by atoms with Gasteiger partial charge in [0, 0.05) is 6.04 Å². The van der Waals surface area contributed by atoms with Gasteiger partial charge in [0.1, 0.15) is 5.75 Å². The Morgan fingerprint density at radius 1 is 1.18 bits per heavy atom. The fourth-order valence-electron chi connectivity index (χ4n) is 2.36. The minimum atomic E-state index is -0.548. The van der Waals surface area contributed by atoms with E-state index < -0.39 is 5.97 Å². The van der Waals surface area contributed by atoms with Crippen molar-refractivity contribution in [2.24, 2.45) is 5.92 Å². The quantitative estimate of drug-likeness (QED) is 0.784. The highest BCUT2D eigenvalue weighted by atomic mass is 16.6. The summed E-state index contributed by atoms with van der Waals surface area (Å²) in [5, 5.41) is 2.83. The van der Waals surface area contributed by atoms with Gasteiger partial charge in [0.15, 0.2) is 13.2 Å². The Kier molecular flexibility index (Phi) is 5.41. The van der Waals surface area contributed by atoms with Crippen molar-refractivity contribution >= 4 is 11.9 Å². The van der Waals surface area contributed by atoms with Crippen LogP contribution in [0.25, 0.3) is 0 Å². The second kappa shape index (κ2) is 7.29. The Labute approximate surface area is 131 Å². The third-order valence-electron chi connectivity index (χ3n) is 3.63. The maximum Gasteiger partial charge on any atom is 0.344 e. The molecule has 5 heteroatoms. The van der Waals surface area contributed by atoms with Crippen LogP contribution >= 0.6 is 0 Å². The van der Waals surface area contributed by atoms with Crippen molar-refractivity contribution < 1.29 is 19.1 Å². The Hall–Kier alpha value is -2.04. The van der Waals surface area contributed by atoms with Crippen LogP contribution in [0.4, 0.5) is 0 Å². The Balaban J connectivity index is 1.67. The van der Waals surface area contributed by atoms with Crippen molar-refractivity contribution in [3.63, 3.8) is 0 Å². The monoisotopic (exact) mass is 305 g/mol. The van der Waals surface area contributed by atoms with Gasteiger partial charge in [0.2, 0.25) is 0 Å². The molecule has 120 valence electrons. The van der Waals surface area contributed by atoms with Crippen LogP contribution in [0.1, 0.15) is 30.9 Å². The molecule has 1 fully saturated rings. The van der Waals surface area contributed by atoms with Gasteiger partial charge in [-0.2, -0.15) is 0 Å². The molecule has 1 saturated carbocycles. The molecule has 5 nitrogen and oxygen atoms in total. The van der Waals surface area contributed by atoms with Crippen molar-refractivity contribution in [3.8, 4) is 5.75 Å². The Morgan fingerprint density at radius 3 is 2.41 bits per heavy atom. The standard InChI is InChI=1S/C17H23NO4/c1-11-6-12(2)8-15(7-11)21-10-17(20)22-9-16(19)18-13(3)14-4-5-14/h6-8,13-14H,4-5,9-10H2,1-3H3,(H,18,19)/t13-/m1/s1. The molecule has 0 aromatic heterocycles. The van der Waals surface area contributed by atoms with E-state index >= 15 is 0 Å². The van der Waals surface area contributed by atoms with Crippen LogP contribution in [-0.2, 0) is 14.3 Å². The number of carbonyl (C=O) groups excluding carboxylic acids is 2. The fourth-order valence-corrected chi connectivity index (χ4v) is 2.36. The fraction of sp³-hybridized carbons (Fsp3) is 0.529. The van der Waals surface area contributed by atoms with Gasteiger partial charge in [0.25, 0.3) is 5.91 Å². The van der Waals surface area contributed by atoms with Crippen molar-refractivity contribution in [3.05, 3.63) is 29.3 Å². The molecule has 1 atom stereocenters. The Morgan fingerprint density at radius 2 is 1.82 bits per heavy atom. The SMILES string of the molecule is Cc1cc(C)cc(OCC(=O)OCC(=O)N[C@H](C)C2CC2)c1. The molecule has 2 rings (SSSR count). The van der Waals surface area contributed by atoms with Crippen LogP contribution in [0.2, 0.25) is 0 Å². The molecule has 0 unspecified atom stereocenters. The molecule has 0 aliphatic heterocycles. The van der Waals surface area contributed by atoms with Crippen molar-refractivity contribution in [2.75, 3.05) is 13.2 Å². The molecule has 0 heterocycles. The number of carbonyl (C=O) groups is 2. The molecule has 0 bridgehead atoms. The molecule has 1 N–H and O–H groups in total. The summed E-state index contributed by atoms with van der Waals surface area (Å²) < 4.78 is 10.3. The highest BCUT2D eigenvalue weighted by molar-refractivity contribution is 5.81. The summed E-state index contributed by atoms with van der Waals surface area (Å²) in [4.78, 5) is 23.2. The van der Waals surface area contributed by atoms with Crippen molar-refractivity contribution in [1.82, 2.24) is 5.32 Å². The number of ether oxygens (including phenoxy) is 2. The third kappa shape index (κ3) is 5.39. The summed E-state index contributed by atoms with van der Waals surface area (Å²) in [7, 11) is 0. The van der Waals surface area contributed by atoms with Crippen LogP contribution in [0, 0.1) is 19.8 Å². The van der Waals surface area contributed by atoms with Gasteiger partial charge in [-0.3, -0.25) is 4.79 Å². The molecular weight excluding hydrogens is 282 g/mol. The largest absolute Gasteiger partial charge is 0.482 e. The molecule has 0 radical (unpaired) electrons. The molecule has 1 aromatic rings.